The number of likely N-dealkylation sites (N-methyl/N-ethyl adjacent to an activating group) is 1. The molecule has 1 atom stereocenters. The predicted molar refractivity (Wildman–Crippen MR) is 128 cm³/mol. The Labute approximate surface area is 195 Å². The molecule has 7 heteroatoms. The third kappa shape index (κ3) is 6.32. The highest BCUT2D eigenvalue weighted by Crippen LogP contribution is 2.28. The molecular weight excluding hydrogens is 418 g/mol. The summed E-state index contributed by atoms with van der Waals surface area (Å²) in [4.78, 5) is 40.8. The number of aromatic nitrogens is 1. The normalized spacial score (nSPS) is 15.7. The van der Waals surface area contributed by atoms with Gasteiger partial charge < -0.3 is 19.9 Å². The third-order valence-corrected chi connectivity index (χ3v) is 5.98. The fourth-order valence-corrected chi connectivity index (χ4v) is 4.24. The quantitative estimate of drug-likeness (QED) is 0.698. The Bertz CT molecular complexity index is 1030. The largest absolute Gasteiger partial charge is 0.387 e. The lowest BCUT2D eigenvalue weighted by molar-refractivity contribution is 0.0678. The van der Waals surface area contributed by atoms with Gasteiger partial charge in [0.05, 0.1) is 12.6 Å². The maximum atomic E-state index is 13.3. The number of hydrogen-bond acceptors (Lipinski definition) is 4. The van der Waals surface area contributed by atoms with Crippen LogP contribution in [-0.2, 0) is 0 Å². The van der Waals surface area contributed by atoms with E-state index in [4.69, 9.17) is 0 Å². The number of aliphatic hydroxyl groups is 1. The highest BCUT2D eigenvalue weighted by Gasteiger charge is 2.26. The van der Waals surface area contributed by atoms with Gasteiger partial charge in [-0.25, -0.2) is 0 Å². The van der Waals surface area contributed by atoms with Crippen molar-refractivity contribution in [1.82, 2.24) is 14.8 Å². The van der Waals surface area contributed by atoms with Gasteiger partial charge in [0.1, 0.15) is 11.1 Å². The van der Waals surface area contributed by atoms with Crippen molar-refractivity contribution in [3.05, 3.63) is 69.6 Å². The van der Waals surface area contributed by atoms with E-state index in [1.165, 1.54) is 11.3 Å². The highest BCUT2D eigenvalue weighted by molar-refractivity contribution is 5.99. The summed E-state index contributed by atoms with van der Waals surface area (Å²) < 4.78 is 1.87. The second-order valence-corrected chi connectivity index (χ2v) is 9.97. The summed E-state index contributed by atoms with van der Waals surface area (Å²) in [6.45, 7) is 5.57. The molecule has 1 aromatic heterocycles. The first kappa shape index (κ1) is 24.7. The Morgan fingerprint density at radius 1 is 1.09 bits per heavy atom. The molecule has 1 aliphatic carbocycles. The number of carbonyl (C=O) groups excluding carboxylic acids is 2. The molecule has 1 aliphatic rings. The molecule has 1 heterocycles. The molecule has 1 saturated carbocycles. The van der Waals surface area contributed by atoms with Crippen molar-refractivity contribution in [3.8, 4) is 0 Å². The monoisotopic (exact) mass is 453 g/mol. The van der Waals surface area contributed by atoms with Crippen LogP contribution in [0.2, 0.25) is 0 Å². The van der Waals surface area contributed by atoms with Crippen molar-refractivity contribution in [2.45, 2.75) is 70.6 Å². The number of aliphatic hydroxyl groups excluding tert-OH is 1. The van der Waals surface area contributed by atoms with Crippen LogP contribution in [0.5, 0.6) is 0 Å². The number of amides is 2. The fourth-order valence-electron chi connectivity index (χ4n) is 4.24. The summed E-state index contributed by atoms with van der Waals surface area (Å²) in [5.74, 6) is -0.997. The molecule has 33 heavy (non-hydrogen) atoms. The zero-order chi connectivity index (χ0) is 24.2. The van der Waals surface area contributed by atoms with E-state index in [0.29, 0.717) is 5.56 Å². The van der Waals surface area contributed by atoms with Crippen molar-refractivity contribution in [2.24, 2.45) is 0 Å². The molecule has 0 saturated heterocycles. The minimum Gasteiger partial charge on any atom is -0.387 e. The summed E-state index contributed by atoms with van der Waals surface area (Å²) in [6.07, 6.45) is 7.50. The number of carbonyl (C=O) groups is 2. The zero-order valence-corrected chi connectivity index (χ0v) is 20.0. The average Bonchev–Trinajstić information content (AvgIpc) is 2.78. The molecule has 1 aromatic carbocycles. The summed E-state index contributed by atoms with van der Waals surface area (Å²) in [7, 11) is 1.56. The van der Waals surface area contributed by atoms with Crippen LogP contribution in [0.1, 0.15) is 91.3 Å². The first-order valence-electron chi connectivity index (χ1n) is 11.6. The van der Waals surface area contributed by atoms with E-state index >= 15 is 0 Å². The van der Waals surface area contributed by atoms with Crippen LogP contribution >= 0.6 is 0 Å². The first-order valence-corrected chi connectivity index (χ1v) is 11.6. The van der Waals surface area contributed by atoms with Gasteiger partial charge in [-0.15, -0.1) is 0 Å². The van der Waals surface area contributed by atoms with Gasteiger partial charge in [0.15, 0.2) is 0 Å². The Kier molecular flexibility index (Phi) is 7.74. The molecule has 2 aromatic rings. The van der Waals surface area contributed by atoms with Crippen molar-refractivity contribution in [1.29, 1.82) is 0 Å². The van der Waals surface area contributed by atoms with E-state index in [-0.39, 0.29) is 23.7 Å². The molecule has 7 nitrogen and oxygen atoms in total. The highest BCUT2D eigenvalue weighted by atomic mass is 16.3. The van der Waals surface area contributed by atoms with Gasteiger partial charge >= 0.3 is 0 Å². The van der Waals surface area contributed by atoms with Gasteiger partial charge in [-0.1, -0.05) is 49.6 Å². The lowest BCUT2D eigenvalue weighted by Gasteiger charge is -2.27. The summed E-state index contributed by atoms with van der Waals surface area (Å²) >= 11 is 0. The lowest BCUT2D eigenvalue weighted by Crippen LogP contribution is -2.44. The van der Waals surface area contributed by atoms with Gasteiger partial charge in [-0.2, -0.15) is 0 Å². The Morgan fingerprint density at radius 2 is 1.70 bits per heavy atom. The minimum absolute atomic E-state index is 0.0293. The maximum Gasteiger partial charge on any atom is 0.259 e. The lowest BCUT2D eigenvalue weighted by atomic mass is 9.95. The van der Waals surface area contributed by atoms with Crippen molar-refractivity contribution < 1.29 is 14.7 Å². The maximum absolute atomic E-state index is 13.3. The molecule has 0 unspecified atom stereocenters. The van der Waals surface area contributed by atoms with E-state index in [2.05, 4.69) is 5.32 Å². The average molecular weight is 454 g/mol. The number of nitrogens with one attached hydrogen (secondary N) is 1. The predicted octanol–water partition coefficient (Wildman–Crippen LogP) is 3.69. The topological polar surface area (TPSA) is 91.6 Å². The van der Waals surface area contributed by atoms with Crippen molar-refractivity contribution in [3.63, 3.8) is 0 Å². The number of rotatable bonds is 6. The molecular formula is C26H35N3O4. The SMILES string of the molecule is CN(C[C@@H](O)c1ccccc1)C(=O)c1cn(C2CCCCC2)cc(C(=O)NC(C)(C)C)c1=O. The van der Waals surface area contributed by atoms with Crippen molar-refractivity contribution >= 4 is 11.8 Å². The van der Waals surface area contributed by atoms with Crippen LogP contribution in [0.3, 0.4) is 0 Å². The van der Waals surface area contributed by atoms with E-state index in [1.54, 1.807) is 31.6 Å². The second kappa shape index (κ2) is 10.3. The number of nitrogens with zero attached hydrogens (tertiary/aromatic N) is 2. The second-order valence-electron chi connectivity index (χ2n) is 9.97. The van der Waals surface area contributed by atoms with E-state index < -0.39 is 28.9 Å². The molecule has 2 N–H and O–H groups in total. The Balaban J connectivity index is 1.94. The molecule has 0 radical (unpaired) electrons. The van der Waals surface area contributed by atoms with Gasteiger partial charge in [0, 0.05) is 31.0 Å². The van der Waals surface area contributed by atoms with Crippen LogP contribution < -0.4 is 10.7 Å². The van der Waals surface area contributed by atoms with Crippen LogP contribution in [0.25, 0.3) is 0 Å². The minimum atomic E-state index is -0.881. The first-order chi connectivity index (χ1) is 15.6. The summed E-state index contributed by atoms with van der Waals surface area (Å²) in [5.41, 5.74) is -0.497. The number of pyridine rings is 1. The van der Waals surface area contributed by atoms with Crippen LogP contribution in [-0.4, -0.2) is 45.5 Å². The molecule has 0 aliphatic heterocycles. The van der Waals surface area contributed by atoms with Gasteiger partial charge in [-0.3, -0.25) is 14.4 Å². The molecule has 1 fully saturated rings. The molecule has 2 amide bonds. The summed E-state index contributed by atoms with van der Waals surface area (Å²) in [5, 5.41) is 13.4. The van der Waals surface area contributed by atoms with E-state index in [0.717, 1.165) is 25.7 Å². The number of benzene rings is 1. The van der Waals surface area contributed by atoms with Crippen LogP contribution in [0.4, 0.5) is 0 Å². The molecule has 0 bridgehead atoms. The smallest absolute Gasteiger partial charge is 0.259 e. The zero-order valence-electron chi connectivity index (χ0n) is 20.0. The number of hydrogen-bond donors (Lipinski definition) is 2. The van der Waals surface area contributed by atoms with Crippen LogP contribution in [0.15, 0.2) is 47.5 Å². The third-order valence-electron chi connectivity index (χ3n) is 5.98. The Hall–Kier alpha value is -2.93. The standard InChI is InChI=1S/C26H35N3O4/c1-26(2,3)27-24(32)20-15-29(19-13-9-6-10-14-19)16-21(23(20)31)25(33)28(4)17-22(30)18-11-7-5-8-12-18/h5,7-8,11-12,15-16,19,22,30H,6,9-10,13-14,17H2,1-4H3,(H,27,32)/t22-/m1/s1. The summed E-state index contributed by atoms with van der Waals surface area (Å²) in [6, 6.07) is 9.22. The molecule has 178 valence electrons. The fraction of sp³-hybridized carbons (Fsp3) is 0.500. The molecule has 3 rings (SSSR count). The Morgan fingerprint density at radius 3 is 2.30 bits per heavy atom. The van der Waals surface area contributed by atoms with Gasteiger partial charge in [0.2, 0.25) is 5.43 Å². The van der Waals surface area contributed by atoms with Gasteiger partial charge in [0.25, 0.3) is 11.8 Å². The van der Waals surface area contributed by atoms with Crippen molar-refractivity contribution in [2.75, 3.05) is 13.6 Å². The van der Waals surface area contributed by atoms with Gasteiger partial charge in [-0.05, 0) is 39.2 Å². The van der Waals surface area contributed by atoms with E-state index in [1.807, 2.05) is 43.5 Å². The molecule has 0 spiro atoms. The van der Waals surface area contributed by atoms with E-state index in [9.17, 15) is 19.5 Å². The van der Waals surface area contributed by atoms with Crippen LogP contribution in [0, 0.1) is 0 Å².